The number of carbonyl (C=O) groups is 1. The fourth-order valence-corrected chi connectivity index (χ4v) is 2.30. The Kier molecular flexibility index (Phi) is 3.36. The van der Waals surface area contributed by atoms with Crippen molar-refractivity contribution in [1.29, 1.82) is 0 Å². The number of hydroxylamine groups is 2. The van der Waals surface area contributed by atoms with Gasteiger partial charge >= 0.3 is 6.03 Å². The van der Waals surface area contributed by atoms with Crippen LogP contribution in [0.4, 0.5) is 4.79 Å². The standard InChI is InChI=1S/C11H11N3O2S/c12-11(15)14(16)7-8-4-5-10(17-8)9-3-1-2-6-13-9/h1-6,16H,7H2,(H2,12,15). The molecule has 2 rings (SSSR count). The van der Waals surface area contributed by atoms with Crippen molar-refractivity contribution in [1.82, 2.24) is 10.0 Å². The molecule has 0 fully saturated rings. The summed E-state index contributed by atoms with van der Waals surface area (Å²) in [6.07, 6.45) is 1.72. The number of amides is 2. The van der Waals surface area contributed by atoms with Gasteiger partial charge in [0.25, 0.3) is 0 Å². The third-order valence-corrected chi connectivity index (χ3v) is 3.23. The van der Waals surface area contributed by atoms with E-state index < -0.39 is 6.03 Å². The maximum Gasteiger partial charge on any atom is 0.338 e. The van der Waals surface area contributed by atoms with E-state index in [1.54, 1.807) is 6.20 Å². The summed E-state index contributed by atoms with van der Waals surface area (Å²) in [6, 6.07) is 8.53. The van der Waals surface area contributed by atoms with Crippen LogP contribution in [0.2, 0.25) is 0 Å². The van der Waals surface area contributed by atoms with E-state index in [1.807, 2.05) is 30.3 Å². The van der Waals surface area contributed by atoms with Gasteiger partial charge in [-0.2, -0.15) is 0 Å². The summed E-state index contributed by atoms with van der Waals surface area (Å²) in [5.74, 6) is 0. The second-order valence-electron chi connectivity index (χ2n) is 3.38. The van der Waals surface area contributed by atoms with Crippen molar-refractivity contribution in [3.8, 4) is 10.6 Å². The average molecular weight is 249 g/mol. The Bertz CT molecular complexity index is 512. The van der Waals surface area contributed by atoms with Gasteiger partial charge in [-0.15, -0.1) is 11.3 Å². The molecule has 0 unspecified atom stereocenters. The lowest BCUT2D eigenvalue weighted by atomic mass is 10.3. The van der Waals surface area contributed by atoms with Gasteiger partial charge in [0.1, 0.15) is 0 Å². The number of aromatic nitrogens is 1. The van der Waals surface area contributed by atoms with Crippen molar-refractivity contribution < 1.29 is 10.0 Å². The van der Waals surface area contributed by atoms with E-state index in [1.165, 1.54) is 11.3 Å². The summed E-state index contributed by atoms with van der Waals surface area (Å²) >= 11 is 1.46. The van der Waals surface area contributed by atoms with Gasteiger partial charge in [-0.1, -0.05) is 6.07 Å². The molecule has 17 heavy (non-hydrogen) atoms. The molecule has 88 valence electrons. The number of hydrogen-bond donors (Lipinski definition) is 2. The molecular weight excluding hydrogens is 238 g/mol. The molecule has 0 radical (unpaired) electrons. The summed E-state index contributed by atoms with van der Waals surface area (Å²) < 4.78 is 0. The van der Waals surface area contributed by atoms with E-state index in [2.05, 4.69) is 4.98 Å². The maximum atomic E-state index is 10.7. The predicted molar refractivity (Wildman–Crippen MR) is 64.5 cm³/mol. The van der Waals surface area contributed by atoms with Crippen molar-refractivity contribution in [3.63, 3.8) is 0 Å². The van der Waals surface area contributed by atoms with Gasteiger partial charge in [-0.25, -0.2) is 9.86 Å². The molecule has 0 spiro atoms. The van der Waals surface area contributed by atoms with Crippen LogP contribution in [0, 0.1) is 0 Å². The van der Waals surface area contributed by atoms with Crippen molar-refractivity contribution in [3.05, 3.63) is 41.4 Å². The molecule has 0 bridgehead atoms. The molecule has 0 aliphatic rings. The lowest BCUT2D eigenvalue weighted by Crippen LogP contribution is -2.31. The zero-order chi connectivity index (χ0) is 12.3. The largest absolute Gasteiger partial charge is 0.350 e. The molecule has 2 heterocycles. The Morgan fingerprint density at radius 3 is 2.88 bits per heavy atom. The van der Waals surface area contributed by atoms with Gasteiger partial charge in [0.2, 0.25) is 0 Å². The molecule has 6 heteroatoms. The zero-order valence-corrected chi connectivity index (χ0v) is 9.72. The molecule has 0 saturated carbocycles. The van der Waals surface area contributed by atoms with Gasteiger partial charge in [0, 0.05) is 11.1 Å². The van der Waals surface area contributed by atoms with Crippen molar-refractivity contribution >= 4 is 17.4 Å². The number of carbonyl (C=O) groups excluding carboxylic acids is 1. The van der Waals surface area contributed by atoms with Crippen LogP contribution < -0.4 is 5.73 Å². The Morgan fingerprint density at radius 1 is 1.41 bits per heavy atom. The van der Waals surface area contributed by atoms with Crippen LogP contribution in [0.1, 0.15) is 4.88 Å². The normalized spacial score (nSPS) is 10.2. The highest BCUT2D eigenvalue weighted by molar-refractivity contribution is 7.15. The van der Waals surface area contributed by atoms with Crippen LogP contribution >= 0.6 is 11.3 Å². The third-order valence-electron chi connectivity index (χ3n) is 2.14. The van der Waals surface area contributed by atoms with E-state index >= 15 is 0 Å². The third kappa shape index (κ3) is 2.80. The molecule has 2 aromatic heterocycles. The van der Waals surface area contributed by atoms with Gasteiger partial charge in [0.05, 0.1) is 17.1 Å². The van der Waals surface area contributed by atoms with Crippen molar-refractivity contribution in [2.75, 3.05) is 0 Å². The van der Waals surface area contributed by atoms with Gasteiger partial charge in [0.15, 0.2) is 0 Å². The fourth-order valence-electron chi connectivity index (χ4n) is 1.33. The maximum absolute atomic E-state index is 10.7. The van der Waals surface area contributed by atoms with E-state index in [9.17, 15) is 10.0 Å². The SMILES string of the molecule is NC(=O)N(O)Cc1ccc(-c2ccccn2)s1. The summed E-state index contributed by atoms with van der Waals surface area (Å²) in [4.78, 5) is 16.7. The van der Waals surface area contributed by atoms with Crippen molar-refractivity contribution in [2.24, 2.45) is 5.73 Å². The number of primary amides is 1. The molecule has 0 atom stereocenters. The first kappa shape index (κ1) is 11.6. The quantitative estimate of drug-likeness (QED) is 0.645. The topological polar surface area (TPSA) is 79.5 Å². The second kappa shape index (κ2) is 4.94. The van der Waals surface area contributed by atoms with Crippen LogP contribution in [0.5, 0.6) is 0 Å². The molecular formula is C11H11N3O2S. The molecule has 3 N–H and O–H groups in total. The lowest BCUT2D eigenvalue weighted by molar-refractivity contribution is -0.0462. The predicted octanol–water partition coefficient (Wildman–Crippen LogP) is 2.08. The summed E-state index contributed by atoms with van der Waals surface area (Å²) in [6.45, 7) is 0.0901. The van der Waals surface area contributed by atoms with E-state index in [-0.39, 0.29) is 6.54 Å². The highest BCUT2D eigenvalue weighted by Gasteiger charge is 2.09. The minimum Gasteiger partial charge on any atom is -0.350 e. The number of rotatable bonds is 3. The lowest BCUT2D eigenvalue weighted by Gasteiger charge is -2.09. The highest BCUT2D eigenvalue weighted by atomic mass is 32.1. The summed E-state index contributed by atoms with van der Waals surface area (Å²) in [7, 11) is 0. The Balaban J connectivity index is 2.14. The first-order chi connectivity index (χ1) is 8.16. The van der Waals surface area contributed by atoms with Crippen LogP contribution in [0.25, 0.3) is 10.6 Å². The van der Waals surface area contributed by atoms with E-state index in [0.717, 1.165) is 15.4 Å². The number of nitrogens with zero attached hydrogens (tertiary/aromatic N) is 2. The fraction of sp³-hybridized carbons (Fsp3) is 0.0909. The Hall–Kier alpha value is -1.92. The molecule has 2 aromatic rings. The van der Waals surface area contributed by atoms with Crippen molar-refractivity contribution in [2.45, 2.75) is 6.54 Å². The molecule has 0 aromatic carbocycles. The molecule has 0 aliphatic heterocycles. The molecule has 0 aliphatic carbocycles. The zero-order valence-electron chi connectivity index (χ0n) is 8.91. The minimum atomic E-state index is -0.863. The van der Waals surface area contributed by atoms with E-state index in [0.29, 0.717) is 5.06 Å². The Labute approximate surface area is 102 Å². The Morgan fingerprint density at radius 2 is 2.24 bits per heavy atom. The first-order valence-corrected chi connectivity index (χ1v) is 5.74. The van der Waals surface area contributed by atoms with Crippen LogP contribution in [0.15, 0.2) is 36.5 Å². The molecule has 0 saturated heterocycles. The van der Waals surface area contributed by atoms with Gasteiger partial charge in [-0.05, 0) is 24.3 Å². The van der Waals surface area contributed by atoms with E-state index in [4.69, 9.17) is 5.73 Å². The number of urea groups is 1. The number of hydrogen-bond acceptors (Lipinski definition) is 4. The minimum absolute atomic E-state index is 0.0901. The smallest absolute Gasteiger partial charge is 0.338 e. The van der Waals surface area contributed by atoms with Crippen LogP contribution in [0.3, 0.4) is 0 Å². The second-order valence-corrected chi connectivity index (χ2v) is 4.55. The monoisotopic (exact) mass is 249 g/mol. The summed E-state index contributed by atoms with van der Waals surface area (Å²) in [5.41, 5.74) is 5.80. The molecule has 2 amide bonds. The van der Waals surface area contributed by atoms with Crippen LogP contribution in [-0.2, 0) is 6.54 Å². The van der Waals surface area contributed by atoms with Gasteiger partial charge in [-0.3, -0.25) is 10.2 Å². The highest BCUT2D eigenvalue weighted by Crippen LogP contribution is 2.26. The van der Waals surface area contributed by atoms with Gasteiger partial charge < -0.3 is 5.73 Å². The summed E-state index contributed by atoms with van der Waals surface area (Å²) in [5, 5.41) is 9.69. The first-order valence-electron chi connectivity index (χ1n) is 4.93. The number of thiophene rings is 1. The van der Waals surface area contributed by atoms with Crippen LogP contribution in [-0.4, -0.2) is 21.3 Å². The number of nitrogens with two attached hydrogens (primary N) is 1. The number of pyridine rings is 1. The molecule has 5 nitrogen and oxygen atoms in total. The average Bonchev–Trinajstić information content (AvgIpc) is 2.78.